The van der Waals surface area contributed by atoms with E-state index in [1.807, 2.05) is 0 Å². The van der Waals surface area contributed by atoms with Crippen molar-refractivity contribution in [3.8, 4) is 11.1 Å². The third-order valence-electron chi connectivity index (χ3n) is 2.89. The van der Waals surface area contributed by atoms with Crippen molar-refractivity contribution in [3.05, 3.63) is 55.3 Å². The zero-order valence-electron chi connectivity index (χ0n) is 10.8. The molecular weight excluding hydrogens is 319 g/mol. The molecule has 0 aliphatic rings. The topological polar surface area (TPSA) is 81.3 Å². The number of carboxylic acid groups (broad SMARTS) is 1. The molecule has 2 rings (SSSR count). The van der Waals surface area contributed by atoms with Crippen LogP contribution in [0.5, 0.6) is 0 Å². The zero-order chi connectivity index (χ0) is 15.7. The molecule has 110 valence electrons. The molecule has 0 fully saturated rings. The molecule has 8 heteroatoms. The van der Waals surface area contributed by atoms with E-state index < -0.39 is 23.8 Å². The minimum absolute atomic E-state index is 0.164. The van der Waals surface area contributed by atoms with Gasteiger partial charge in [0.05, 0.1) is 15.6 Å². The normalized spacial score (nSPS) is 10.6. The van der Waals surface area contributed by atoms with Gasteiger partial charge in [0.15, 0.2) is 0 Å². The van der Waals surface area contributed by atoms with E-state index in [-0.39, 0.29) is 10.6 Å². The van der Waals surface area contributed by atoms with Crippen LogP contribution in [0, 0.1) is 0 Å². The third-order valence-corrected chi connectivity index (χ3v) is 3.63. The summed E-state index contributed by atoms with van der Waals surface area (Å²) in [6.07, 6.45) is 1.21. The maximum atomic E-state index is 12.2. The van der Waals surface area contributed by atoms with Gasteiger partial charge in [-0.3, -0.25) is 18.7 Å². The van der Waals surface area contributed by atoms with Crippen LogP contribution in [-0.2, 0) is 18.4 Å². The van der Waals surface area contributed by atoms with Crippen LogP contribution in [-0.4, -0.2) is 20.2 Å². The molecule has 0 aliphatic carbocycles. The lowest BCUT2D eigenvalue weighted by Gasteiger charge is -2.09. The largest absolute Gasteiger partial charge is 0.480 e. The van der Waals surface area contributed by atoms with Gasteiger partial charge in [-0.2, -0.15) is 0 Å². The average molecular weight is 329 g/mol. The summed E-state index contributed by atoms with van der Waals surface area (Å²) in [5, 5.41) is 9.39. The number of aromatic nitrogens is 2. The molecule has 0 saturated heterocycles. The second kappa shape index (κ2) is 5.75. The highest BCUT2D eigenvalue weighted by Gasteiger charge is 2.13. The van der Waals surface area contributed by atoms with Crippen LogP contribution in [0.15, 0.2) is 34.0 Å². The fourth-order valence-corrected chi connectivity index (χ4v) is 2.15. The molecule has 1 heterocycles. The highest BCUT2D eigenvalue weighted by molar-refractivity contribution is 6.42. The van der Waals surface area contributed by atoms with Crippen LogP contribution in [0.25, 0.3) is 11.1 Å². The number of hydrogen-bond donors (Lipinski definition) is 1. The number of halogens is 2. The van der Waals surface area contributed by atoms with Crippen LogP contribution in [0.3, 0.4) is 0 Å². The van der Waals surface area contributed by atoms with E-state index >= 15 is 0 Å². The maximum absolute atomic E-state index is 12.2. The van der Waals surface area contributed by atoms with E-state index in [0.717, 1.165) is 9.13 Å². The summed E-state index contributed by atoms with van der Waals surface area (Å²) >= 11 is 11.7. The Morgan fingerprint density at radius 3 is 2.48 bits per heavy atom. The lowest BCUT2D eigenvalue weighted by Crippen LogP contribution is -2.39. The summed E-state index contributed by atoms with van der Waals surface area (Å²) in [4.78, 5) is 34.8. The zero-order valence-corrected chi connectivity index (χ0v) is 12.4. The first-order valence-electron chi connectivity index (χ1n) is 5.79. The predicted molar refractivity (Wildman–Crippen MR) is 79.0 cm³/mol. The summed E-state index contributed by atoms with van der Waals surface area (Å²) in [6.45, 7) is -0.540. The highest BCUT2D eigenvalue weighted by atomic mass is 35.5. The second-order valence-corrected chi connectivity index (χ2v) is 5.15. The molecule has 0 aliphatic heterocycles. The Morgan fingerprint density at radius 1 is 1.24 bits per heavy atom. The second-order valence-electron chi connectivity index (χ2n) is 4.34. The molecule has 0 radical (unpaired) electrons. The first-order chi connectivity index (χ1) is 9.81. The van der Waals surface area contributed by atoms with E-state index in [9.17, 15) is 14.4 Å². The molecule has 0 saturated carbocycles. The van der Waals surface area contributed by atoms with Gasteiger partial charge < -0.3 is 5.11 Å². The first-order valence-corrected chi connectivity index (χ1v) is 6.54. The summed E-state index contributed by atoms with van der Waals surface area (Å²) in [5.74, 6) is -1.18. The fraction of sp³-hybridized carbons (Fsp3) is 0.154. The van der Waals surface area contributed by atoms with Crippen LogP contribution < -0.4 is 11.2 Å². The summed E-state index contributed by atoms with van der Waals surface area (Å²) in [5.41, 5.74) is -0.632. The number of nitrogens with zero attached hydrogens (tertiary/aromatic N) is 2. The van der Waals surface area contributed by atoms with E-state index in [1.165, 1.54) is 25.4 Å². The molecule has 1 N–H and O–H groups in total. The molecule has 6 nitrogen and oxygen atoms in total. The quantitative estimate of drug-likeness (QED) is 0.927. The van der Waals surface area contributed by atoms with Gasteiger partial charge in [-0.1, -0.05) is 29.3 Å². The van der Waals surface area contributed by atoms with Crippen molar-refractivity contribution < 1.29 is 9.90 Å². The molecule has 1 aromatic carbocycles. The Bertz CT molecular complexity index is 839. The van der Waals surface area contributed by atoms with Gasteiger partial charge in [-0.25, -0.2) is 4.79 Å². The van der Waals surface area contributed by atoms with Gasteiger partial charge in [0.25, 0.3) is 5.56 Å². The van der Waals surface area contributed by atoms with Crippen molar-refractivity contribution in [2.75, 3.05) is 0 Å². The van der Waals surface area contributed by atoms with E-state index in [4.69, 9.17) is 28.3 Å². The van der Waals surface area contributed by atoms with E-state index in [2.05, 4.69) is 0 Å². The predicted octanol–water partition coefficient (Wildman–Crippen LogP) is 1.61. The van der Waals surface area contributed by atoms with Gasteiger partial charge >= 0.3 is 11.7 Å². The van der Waals surface area contributed by atoms with Crippen molar-refractivity contribution >= 4 is 29.2 Å². The number of carbonyl (C=O) groups is 1. The van der Waals surface area contributed by atoms with E-state index in [1.54, 1.807) is 6.07 Å². The van der Waals surface area contributed by atoms with Crippen LogP contribution >= 0.6 is 23.2 Å². The van der Waals surface area contributed by atoms with Crippen molar-refractivity contribution in [1.29, 1.82) is 0 Å². The van der Waals surface area contributed by atoms with Crippen LogP contribution in [0.2, 0.25) is 10.0 Å². The van der Waals surface area contributed by atoms with Crippen molar-refractivity contribution in [3.63, 3.8) is 0 Å². The minimum atomic E-state index is -1.18. The summed E-state index contributed by atoms with van der Waals surface area (Å²) < 4.78 is 1.79. The number of carboxylic acids is 1. The molecule has 0 unspecified atom stereocenters. The molecule has 0 bridgehead atoms. The van der Waals surface area contributed by atoms with Gasteiger partial charge in [0.2, 0.25) is 0 Å². The first kappa shape index (κ1) is 15.3. The Kier molecular flexibility index (Phi) is 4.20. The standard InChI is InChI=1S/C13H10Cl2N2O4/c1-16-12(20)8(5-17(13(16)21)6-11(18)19)7-2-3-9(14)10(15)4-7/h2-5H,6H2,1H3,(H,18,19). The highest BCUT2D eigenvalue weighted by Crippen LogP contribution is 2.26. The lowest BCUT2D eigenvalue weighted by molar-refractivity contribution is -0.137. The molecule has 0 atom stereocenters. The smallest absolute Gasteiger partial charge is 0.331 e. The van der Waals surface area contributed by atoms with Crippen molar-refractivity contribution in [2.24, 2.45) is 7.05 Å². The maximum Gasteiger partial charge on any atom is 0.331 e. The average Bonchev–Trinajstić information content (AvgIpc) is 2.42. The Hall–Kier alpha value is -2.05. The van der Waals surface area contributed by atoms with E-state index in [0.29, 0.717) is 10.6 Å². The summed E-state index contributed by atoms with van der Waals surface area (Å²) in [7, 11) is 1.28. The molecule has 1 aromatic heterocycles. The number of hydrogen-bond acceptors (Lipinski definition) is 3. The Balaban J connectivity index is 2.71. The van der Waals surface area contributed by atoms with Crippen molar-refractivity contribution in [2.45, 2.75) is 6.54 Å². The van der Waals surface area contributed by atoms with Gasteiger partial charge in [-0.15, -0.1) is 0 Å². The fourth-order valence-electron chi connectivity index (χ4n) is 1.85. The number of aliphatic carboxylic acids is 1. The Morgan fingerprint density at radius 2 is 1.90 bits per heavy atom. The molecule has 0 amide bonds. The van der Waals surface area contributed by atoms with Crippen molar-refractivity contribution in [1.82, 2.24) is 9.13 Å². The van der Waals surface area contributed by atoms with Crippen LogP contribution in [0.4, 0.5) is 0 Å². The molecule has 21 heavy (non-hydrogen) atoms. The third kappa shape index (κ3) is 3.01. The van der Waals surface area contributed by atoms with Gasteiger partial charge in [-0.05, 0) is 17.7 Å². The number of benzene rings is 1. The lowest BCUT2D eigenvalue weighted by atomic mass is 10.1. The molecule has 2 aromatic rings. The van der Waals surface area contributed by atoms with Gasteiger partial charge in [0.1, 0.15) is 6.54 Å². The Labute approximate surface area is 128 Å². The SMILES string of the molecule is Cn1c(=O)c(-c2ccc(Cl)c(Cl)c2)cn(CC(=O)O)c1=O. The van der Waals surface area contributed by atoms with Gasteiger partial charge in [0, 0.05) is 13.2 Å². The minimum Gasteiger partial charge on any atom is -0.480 e. The van der Waals surface area contributed by atoms with Crippen LogP contribution in [0.1, 0.15) is 0 Å². The molecule has 0 spiro atoms. The number of rotatable bonds is 3. The molecular formula is C13H10Cl2N2O4. The monoisotopic (exact) mass is 328 g/mol. The summed E-state index contributed by atoms with van der Waals surface area (Å²) in [6, 6.07) is 4.57.